The number of carbonyl (C=O) groups is 10. The Bertz CT molecular complexity index is 2150. The summed E-state index contributed by atoms with van der Waals surface area (Å²) in [6.07, 6.45) is -1.94. The van der Waals surface area contributed by atoms with Crippen LogP contribution < -0.4 is 65.9 Å². The predicted octanol–water partition coefficient (Wildman–Crippen LogP) is -5.40. The molecule has 0 aliphatic heterocycles. The van der Waals surface area contributed by atoms with E-state index in [4.69, 9.17) is 28.7 Å². The van der Waals surface area contributed by atoms with Gasteiger partial charge >= 0.3 is 17.9 Å². The van der Waals surface area contributed by atoms with Crippen molar-refractivity contribution in [1.29, 1.82) is 0 Å². The Kier molecular flexibility index (Phi) is 24.7. The fourth-order valence-corrected chi connectivity index (χ4v) is 6.20. The minimum Gasteiger partial charge on any atom is -0.481 e. The molecule has 0 aromatic heterocycles. The van der Waals surface area contributed by atoms with E-state index in [0.29, 0.717) is 17.5 Å². The van der Waals surface area contributed by atoms with E-state index in [2.05, 4.69) is 47.2 Å². The van der Waals surface area contributed by atoms with Crippen LogP contribution in [0.3, 0.4) is 0 Å². The molecule has 0 saturated carbocycles. The summed E-state index contributed by atoms with van der Waals surface area (Å²) in [5.41, 5.74) is 28.3. The Hall–Kier alpha value is -8.36. The molecule has 27 nitrogen and oxygen atoms in total. The van der Waals surface area contributed by atoms with Crippen LogP contribution in [0.15, 0.2) is 70.6 Å². The smallest absolute Gasteiger partial charge is 0.326 e. The molecule has 0 aliphatic rings. The van der Waals surface area contributed by atoms with Gasteiger partial charge in [0.2, 0.25) is 41.4 Å². The van der Waals surface area contributed by atoms with E-state index in [0.717, 1.165) is 0 Å². The second kappa shape index (κ2) is 30.0. The van der Waals surface area contributed by atoms with Crippen LogP contribution >= 0.6 is 0 Å². The van der Waals surface area contributed by atoms with Gasteiger partial charge in [-0.25, -0.2) is 4.79 Å². The topological polar surface area (TPSA) is 470 Å². The van der Waals surface area contributed by atoms with E-state index in [9.17, 15) is 63.3 Å². The van der Waals surface area contributed by atoms with Crippen molar-refractivity contribution >= 4 is 71.2 Å². The maximum atomic E-state index is 14.0. The number of carboxylic acids is 3. The Morgan fingerprint density at radius 3 is 1.30 bits per heavy atom. The highest BCUT2D eigenvalue weighted by molar-refractivity contribution is 5.98. The van der Waals surface area contributed by atoms with E-state index in [-0.39, 0.29) is 57.1 Å². The zero-order valence-corrected chi connectivity index (χ0v) is 37.4. The molecular weight excluding hydrogens is 909 g/mol. The minimum atomic E-state index is -1.78. The van der Waals surface area contributed by atoms with Gasteiger partial charge in [0, 0.05) is 25.9 Å². The van der Waals surface area contributed by atoms with Gasteiger partial charge in [0.25, 0.3) is 0 Å². The van der Waals surface area contributed by atoms with Crippen LogP contribution in [-0.2, 0) is 60.8 Å². The Morgan fingerprint density at radius 2 is 0.870 bits per heavy atom. The minimum absolute atomic E-state index is 0.0252. The lowest BCUT2D eigenvalue weighted by atomic mass is 10.0. The molecule has 0 aliphatic carbocycles. The highest BCUT2D eigenvalue weighted by Crippen LogP contribution is 2.09. The third-order valence-electron chi connectivity index (χ3n) is 9.60. The van der Waals surface area contributed by atoms with Crippen LogP contribution in [-0.4, -0.2) is 149 Å². The molecule has 2 rings (SSSR count). The second-order valence-electron chi connectivity index (χ2n) is 15.3. The number of amides is 7. The highest BCUT2D eigenvalue weighted by atomic mass is 16.4. The number of hydrogen-bond acceptors (Lipinski definition) is 13. The van der Waals surface area contributed by atoms with Gasteiger partial charge in [0.15, 0.2) is 11.9 Å². The van der Waals surface area contributed by atoms with Gasteiger partial charge in [-0.15, -0.1) is 0 Å². The Balaban J connectivity index is 2.25. The van der Waals surface area contributed by atoms with Crippen molar-refractivity contribution in [3.63, 3.8) is 0 Å². The largest absolute Gasteiger partial charge is 0.481 e. The Labute approximate surface area is 395 Å². The molecule has 2 aromatic rings. The van der Waals surface area contributed by atoms with Gasteiger partial charge in [0.05, 0.1) is 32.0 Å². The van der Waals surface area contributed by atoms with Crippen LogP contribution in [0.1, 0.15) is 49.7 Å². The molecule has 2 aromatic carbocycles. The second-order valence-corrected chi connectivity index (χ2v) is 15.3. The molecule has 69 heavy (non-hydrogen) atoms. The molecule has 0 fully saturated rings. The van der Waals surface area contributed by atoms with Crippen LogP contribution in [0.5, 0.6) is 0 Å². The van der Waals surface area contributed by atoms with Gasteiger partial charge < -0.3 is 81.2 Å². The summed E-state index contributed by atoms with van der Waals surface area (Å²) >= 11 is 0. The van der Waals surface area contributed by atoms with Crippen molar-refractivity contribution in [2.75, 3.05) is 26.2 Å². The third kappa shape index (κ3) is 23.6. The lowest BCUT2D eigenvalue weighted by Gasteiger charge is -2.25. The van der Waals surface area contributed by atoms with Crippen LogP contribution in [0.4, 0.5) is 0 Å². The van der Waals surface area contributed by atoms with Crippen molar-refractivity contribution in [2.45, 2.75) is 87.6 Å². The van der Waals surface area contributed by atoms with E-state index in [1.165, 1.54) is 0 Å². The molecular formula is C42H60N14O13. The van der Waals surface area contributed by atoms with E-state index >= 15 is 0 Å². The number of carboxylic acid groups (broad SMARTS) is 3. The molecule has 0 spiro atoms. The first-order valence-corrected chi connectivity index (χ1v) is 21.3. The van der Waals surface area contributed by atoms with Gasteiger partial charge in [-0.05, 0) is 36.8 Å². The molecule has 27 heteroatoms. The predicted molar refractivity (Wildman–Crippen MR) is 246 cm³/mol. The van der Waals surface area contributed by atoms with Crippen molar-refractivity contribution in [1.82, 2.24) is 37.2 Å². The number of guanidine groups is 2. The van der Waals surface area contributed by atoms with Gasteiger partial charge in [-0.2, -0.15) is 0 Å². The number of nitrogens with two attached hydrogens (primary N) is 5. The van der Waals surface area contributed by atoms with Crippen molar-refractivity contribution < 1.29 is 63.3 Å². The molecule has 0 bridgehead atoms. The van der Waals surface area contributed by atoms with Gasteiger partial charge in [-0.3, -0.25) is 53.1 Å². The first-order valence-electron chi connectivity index (χ1n) is 21.3. The molecule has 20 N–H and O–H groups in total. The summed E-state index contributed by atoms with van der Waals surface area (Å²) in [6.45, 7) is -1.41. The average molecular weight is 969 g/mol. The number of carbonyl (C=O) groups excluding carboxylic acids is 7. The molecule has 7 amide bonds. The summed E-state index contributed by atoms with van der Waals surface area (Å²) in [6, 6.07) is 7.25. The van der Waals surface area contributed by atoms with E-state index < -0.39 is 121 Å². The molecule has 0 saturated heterocycles. The SMILES string of the molecule is NC(N)=NCCC[C@H](NC(=O)[C@H](Cc1ccccc1)NC(=O)[C@H](CC(=O)O)NC(=O)CNC(=O)[C@@H](N)CCCN=C(N)N)C(=O)NCC(=O)N[C@@H](CC(=O)O)C(=O)N[C@@H](Cc1ccccc1)C(=O)O. The van der Waals surface area contributed by atoms with Crippen molar-refractivity contribution in [3.05, 3.63) is 71.8 Å². The average Bonchev–Trinajstić information content (AvgIpc) is 3.28. The number of aliphatic carboxylic acids is 3. The first kappa shape index (κ1) is 56.8. The molecule has 0 radical (unpaired) electrons. The summed E-state index contributed by atoms with van der Waals surface area (Å²) in [4.78, 5) is 136. The van der Waals surface area contributed by atoms with Crippen LogP contribution in [0.25, 0.3) is 0 Å². The summed E-state index contributed by atoms with van der Waals surface area (Å²) < 4.78 is 0. The monoisotopic (exact) mass is 968 g/mol. The summed E-state index contributed by atoms with van der Waals surface area (Å²) in [5.74, 6) is -11.9. The number of nitrogens with zero attached hydrogens (tertiary/aromatic N) is 2. The standard InChI is InChI=1S/C42H60N14O13/c43-25(13-7-15-48-41(44)45)35(63)50-21-31(57)52-28(19-33(59)60)38(66)55-27(17-23-9-3-1-4-10-23)37(65)54-26(14-8-16-49-42(46)47)36(64)51-22-32(58)53-29(20-34(61)62)39(67)56-30(40(68)69)18-24-11-5-2-6-12-24/h1-6,9-12,25-30H,7-8,13-22,43H2,(H,50,63)(H,51,64)(H,52,57)(H,53,58)(H,54,65)(H,55,66)(H,56,67)(H,59,60)(H,61,62)(H,68,69)(H4,44,45,48)(H4,46,47,49)/t25-,26-,27-,28-,29-,30-/m0/s1. The fourth-order valence-electron chi connectivity index (χ4n) is 6.20. The zero-order chi connectivity index (χ0) is 51.5. The number of benzene rings is 2. The first-order chi connectivity index (χ1) is 32.6. The van der Waals surface area contributed by atoms with E-state index in [1.807, 2.05) is 0 Å². The number of nitrogens with one attached hydrogen (secondary N) is 7. The number of hydrogen-bond donors (Lipinski definition) is 15. The van der Waals surface area contributed by atoms with Crippen LogP contribution in [0, 0.1) is 0 Å². The lowest BCUT2D eigenvalue weighted by Crippen LogP contribution is -2.58. The summed E-state index contributed by atoms with van der Waals surface area (Å²) in [5, 5.41) is 44.8. The molecule has 0 unspecified atom stereocenters. The van der Waals surface area contributed by atoms with Crippen LogP contribution in [0.2, 0.25) is 0 Å². The Morgan fingerprint density at radius 1 is 0.478 bits per heavy atom. The van der Waals surface area contributed by atoms with E-state index in [1.54, 1.807) is 60.7 Å². The number of rotatable bonds is 31. The zero-order valence-electron chi connectivity index (χ0n) is 37.4. The number of aliphatic imine (C=N–C) groups is 2. The maximum Gasteiger partial charge on any atom is 0.326 e. The van der Waals surface area contributed by atoms with Crippen molar-refractivity contribution in [3.8, 4) is 0 Å². The fraction of sp³-hybridized carbons (Fsp3) is 0.429. The third-order valence-corrected chi connectivity index (χ3v) is 9.60. The molecule has 376 valence electrons. The molecule has 0 heterocycles. The highest BCUT2D eigenvalue weighted by Gasteiger charge is 2.32. The van der Waals surface area contributed by atoms with Gasteiger partial charge in [0.1, 0.15) is 30.2 Å². The normalized spacial score (nSPS) is 13.2. The quantitative estimate of drug-likeness (QED) is 0.0190. The van der Waals surface area contributed by atoms with Crippen molar-refractivity contribution in [2.24, 2.45) is 38.7 Å². The van der Waals surface area contributed by atoms with Gasteiger partial charge in [-0.1, -0.05) is 60.7 Å². The lowest BCUT2D eigenvalue weighted by molar-refractivity contribution is -0.143. The maximum absolute atomic E-state index is 14.0. The summed E-state index contributed by atoms with van der Waals surface area (Å²) in [7, 11) is 0. The molecule has 6 atom stereocenters.